The summed E-state index contributed by atoms with van der Waals surface area (Å²) < 4.78 is 6.83. The van der Waals surface area contributed by atoms with Crippen molar-refractivity contribution in [3.8, 4) is 0 Å². The van der Waals surface area contributed by atoms with Crippen LogP contribution in [0.25, 0.3) is 0 Å². The van der Waals surface area contributed by atoms with Crippen molar-refractivity contribution in [2.45, 2.75) is 26.4 Å². The number of nitrogens with one attached hydrogen (secondary N) is 2. The van der Waals surface area contributed by atoms with E-state index in [4.69, 9.17) is 4.74 Å². The van der Waals surface area contributed by atoms with Crippen LogP contribution in [0.2, 0.25) is 0 Å². The molecular formula is C11H21N5O2. The molecule has 1 aromatic rings. The number of carbonyl (C=O) groups excluding carboxylic acids is 1. The molecule has 7 nitrogen and oxygen atoms in total. The second kappa shape index (κ2) is 8.60. The highest BCUT2D eigenvalue weighted by molar-refractivity contribution is 5.77. The van der Waals surface area contributed by atoms with Crippen LogP contribution in [0.5, 0.6) is 0 Å². The third-order valence-electron chi connectivity index (χ3n) is 2.45. The first kappa shape index (κ1) is 14.6. The van der Waals surface area contributed by atoms with Crippen LogP contribution in [0.15, 0.2) is 6.33 Å². The summed E-state index contributed by atoms with van der Waals surface area (Å²) in [6, 6.07) is 0. The number of methoxy groups -OCH3 is 1. The Labute approximate surface area is 107 Å². The van der Waals surface area contributed by atoms with E-state index in [1.807, 2.05) is 11.5 Å². The normalized spacial score (nSPS) is 10.6. The summed E-state index contributed by atoms with van der Waals surface area (Å²) in [4.78, 5) is 11.4. The van der Waals surface area contributed by atoms with Crippen LogP contribution in [0, 0.1) is 0 Å². The number of hydrogen-bond donors (Lipinski definition) is 2. The maximum absolute atomic E-state index is 11.4. The lowest BCUT2D eigenvalue weighted by molar-refractivity contribution is -0.120. The van der Waals surface area contributed by atoms with Gasteiger partial charge in [0.2, 0.25) is 5.91 Å². The molecule has 1 rings (SSSR count). The third-order valence-corrected chi connectivity index (χ3v) is 2.45. The summed E-state index contributed by atoms with van der Waals surface area (Å²) in [5.74, 6) is 0.818. The van der Waals surface area contributed by atoms with Crippen LogP contribution < -0.4 is 10.6 Å². The Morgan fingerprint density at radius 2 is 2.39 bits per heavy atom. The largest absolute Gasteiger partial charge is 0.385 e. The molecule has 0 unspecified atom stereocenters. The van der Waals surface area contributed by atoms with Crippen molar-refractivity contribution in [2.24, 2.45) is 0 Å². The zero-order valence-corrected chi connectivity index (χ0v) is 11.0. The first-order valence-corrected chi connectivity index (χ1v) is 6.11. The average Bonchev–Trinajstić information content (AvgIpc) is 2.82. The fraction of sp³-hybridized carbons (Fsp3) is 0.727. The van der Waals surface area contributed by atoms with Crippen molar-refractivity contribution in [3.05, 3.63) is 12.2 Å². The van der Waals surface area contributed by atoms with Crippen LogP contribution in [0.3, 0.4) is 0 Å². The van der Waals surface area contributed by atoms with E-state index in [-0.39, 0.29) is 12.5 Å². The molecule has 0 bridgehead atoms. The van der Waals surface area contributed by atoms with Crippen molar-refractivity contribution in [2.75, 3.05) is 26.8 Å². The molecule has 102 valence electrons. The maximum Gasteiger partial charge on any atom is 0.233 e. The molecule has 0 aliphatic rings. The zero-order chi connectivity index (χ0) is 13.2. The highest BCUT2D eigenvalue weighted by atomic mass is 16.5. The summed E-state index contributed by atoms with van der Waals surface area (Å²) in [6.45, 7) is 4.97. The maximum atomic E-state index is 11.4. The van der Waals surface area contributed by atoms with Gasteiger partial charge in [-0.3, -0.25) is 4.79 Å². The quantitative estimate of drug-likeness (QED) is 0.584. The molecule has 2 N–H and O–H groups in total. The van der Waals surface area contributed by atoms with E-state index in [0.29, 0.717) is 19.7 Å². The highest BCUT2D eigenvalue weighted by Crippen LogP contribution is 1.93. The molecule has 0 atom stereocenters. The molecule has 0 aliphatic carbocycles. The van der Waals surface area contributed by atoms with Gasteiger partial charge in [-0.05, 0) is 13.3 Å². The predicted octanol–water partition coefficient (Wildman–Crippen LogP) is -0.460. The molecule has 18 heavy (non-hydrogen) atoms. The van der Waals surface area contributed by atoms with Gasteiger partial charge >= 0.3 is 0 Å². The lowest BCUT2D eigenvalue weighted by atomic mass is 10.4. The smallest absolute Gasteiger partial charge is 0.233 e. The predicted molar refractivity (Wildman–Crippen MR) is 66.9 cm³/mol. The highest BCUT2D eigenvalue weighted by Gasteiger charge is 2.04. The SMILES string of the molecule is CCn1cnnc1CNCC(=O)NCCCOC. The van der Waals surface area contributed by atoms with Crippen LogP contribution in [-0.4, -0.2) is 47.5 Å². The van der Waals surface area contributed by atoms with Crippen LogP contribution in [0.4, 0.5) is 0 Å². The number of nitrogens with zero attached hydrogens (tertiary/aromatic N) is 3. The molecule has 0 spiro atoms. The minimum atomic E-state index is -0.0198. The summed E-state index contributed by atoms with van der Waals surface area (Å²) in [5, 5.41) is 13.6. The van der Waals surface area contributed by atoms with Crippen molar-refractivity contribution < 1.29 is 9.53 Å². The summed E-state index contributed by atoms with van der Waals surface area (Å²) in [7, 11) is 1.65. The number of amides is 1. The van der Waals surface area contributed by atoms with Crippen LogP contribution in [-0.2, 0) is 22.6 Å². The number of rotatable bonds is 9. The Morgan fingerprint density at radius 3 is 3.11 bits per heavy atom. The van der Waals surface area contributed by atoms with Gasteiger partial charge in [0.25, 0.3) is 0 Å². The van der Waals surface area contributed by atoms with E-state index in [1.165, 1.54) is 0 Å². The third kappa shape index (κ3) is 5.24. The molecule has 1 heterocycles. The topological polar surface area (TPSA) is 81.1 Å². The zero-order valence-electron chi connectivity index (χ0n) is 11.0. The standard InChI is InChI=1S/C11H21N5O2/c1-3-16-9-14-15-10(16)7-12-8-11(17)13-5-4-6-18-2/h9,12H,3-8H2,1-2H3,(H,13,17). The lowest BCUT2D eigenvalue weighted by Crippen LogP contribution is -2.34. The first-order chi connectivity index (χ1) is 8.77. The van der Waals surface area contributed by atoms with E-state index in [9.17, 15) is 4.79 Å². The van der Waals surface area contributed by atoms with E-state index in [2.05, 4.69) is 20.8 Å². The van der Waals surface area contributed by atoms with E-state index >= 15 is 0 Å². The number of carbonyl (C=O) groups is 1. The number of ether oxygens (including phenoxy) is 1. The van der Waals surface area contributed by atoms with Gasteiger partial charge in [0.15, 0.2) is 0 Å². The fourth-order valence-corrected chi connectivity index (χ4v) is 1.47. The Kier molecular flexibility index (Phi) is 6.97. The minimum absolute atomic E-state index is 0.0198. The Hall–Kier alpha value is -1.47. The van der Waals surface area contributed by atoms with Gasteiger partial charge in [-0.2, -0.15) is 0 Å². The van der Waals surface area contributed by atoms with Gasteiger partial charge in [0, 0.05) is 26.8 Å². The molecule has 0 aromatic carbocycles. The van der Waals surface area contributed by atoms with Gasteiger partial charge in [-0.25, -0.2) is 0 Å². The van der Waals surface area contributed by atoms with Gasteiger partial charge in [0.05, 0.1) is 13.1 Å². The number of aromatic nitrogens is 3. The molecule has 0 saturated heterocycles. The Bertz CT molecular complexity index is 353. The molecule has 0 fully saturated rings. The van der Waals surface area contributed by atoms with Crippen molar-refractivity contribution in [1.82, 2.24) is 25.4 Å². The molecule has 0 aliphatic heterocycles. The minimum Gasteiger partial charge on any atom is -0.385 e. The van der Waals surface area contributed by atoms with E-state index in [0.717, 1.165) is 18.8 Å². The van der Waals surface area contributed by atoms with Gasteiger partial charge < -0.3 is 19.9 Å². The second-order valence-corrected chi connectivity index (χ2v) is 3.83. The second-order valence-electron chi connectivity index (χ2n) is 3.83. The number of hydrogen-bond acceptors (Lipinski definition) is 5. The van der Waals surface area contributed by atoms with E-state index in [1.54, 1.807) is 13.4 Å². The summed E-state index contributed by atoms with van der Waals surface area (Å²) >= 11 is 0. The van der Waals surface area contributed by atoms with Crippen molar-refractivity contribution in [1.29, 1.82) is 0 Å². The first-order valence-electron chi connectivity index (χ1n) is 6.11. The van der Waals surface area contributed by atoms with Gasteiger partial charge in [-0.1, -0.05) is 0 Å². The van der Waals surface area contributed by atoms with Crippen molar-refractivity contribution in [3.63, 3.8) is 0 Å². The Balaban J connectivity index is 2.12. The fourth-order valence-electron chi connectivity index (χ4n) is 1.47. The van der Waals surface area contributed by atoms with Gasteiger partial charge in [0.1, 0.15) is 12.2 Å². The number of aryl methyl sites for hydroxylation is 1. The summed E-state index contributed by atoms with van der Waals surface area (Å²) in [6.07, 6.45) is 2.51. The molecule has 1 amide bonds. The summed E-state index contributed by atoms with van der Waals surface area (Å²) in [5.41, 5.74) is 0. The Morgan fingerprint density at radius 1 is 1.56 bits per heavy atom. The molecule has 7 heteroatoms. The monoisotopic (exact) mass is 255 g/mol. The molecule has 0 saturated carbocycles. The average molecular weight is 255 g/mol. The molecule has 0 radical (unpaired) electrons. The van der Waals surface area contributed by atoms with Crippen LogP contribution in [0.1, 0.15) is 19.2 Å². The molecule has 1 aromatic heterocycles. The molecular weight excluding hydrogens is 234 g/mol. The van der Waals surface area contributed by atoms with Crippen molar-refractivity contribution >= 4 is 5.91 Å². The van der Waals surface area contributed by atoms with Gasteiger partial charge in [-0.15, -0.1) is 10.2 Å². The lowest BCUT2D eigenvalue weighted by Gasteiger charge is -2.06. The van der Waals surface area contributed by atoms with E-state index < -0.39 is 0 Å². The van der Waals surface area contributed by atoms with Crippen LogP contribution >= 0.6 is 0 Å².